The van der Waals surface area contributed by atoms with Gasteiger partial charge >= 0.3 is 0 Å². The van der Waals surface area contributed by atoms with Gasteiger partial charge in [0.2, 0.25) is 5.91 Å². The molecule has 5 heteroatoms. The third-order valence-electron chi connectivity index (χ3n) is 2.28. The molecule has 0 aliphatic heterocycles. The Labute approximate surface area is 118 Å². The van der Waals surface area contributed by atoms with Crippen LogP contribution in [0, 0.1) is 5.82 Å². The van der Waals surface area contributed by atoms with E-state index in [1.807, 2.05) is 0 Å². The number of nitrogens with one attached hydrogen (secondary N) is 1. The summed E-state index contributed by atoms with van der Waals surface area (Å²) >= 11 is 3.26. The summed E-state index contributed by atoms with van der Waals surface area (Å²) in [6.45, 7) is 0. The highest BCUT2D eigenvalue weighted by atomic mass is 79.9. The Morgan fingerprint density at radius 3 is 2.58 bits per heavy atom. The van der Waals surface area contributed by atoms with Crippen LogP contribution >= 0.6 is 15.9 Å². The molecule has 0 unspecified atom stereocenters. The van der Waals surface area contributed by atoms with E-state index in [0.717, 1.165) is 10.0 Å². The Kier molecular flexibility index (Phi) is 4.41. The minimum Gasteiger partial charge on any atom is -0.307 e. The van der Waals surface area contributed by atoms with Crippen molar-refractivity contribution >= 4 is 33.7 Å². The second kappa shape index (κ2) is 6.24. The number of halogens is 2. The molecule has 1 aromatic carbocycles. The Morgan fingerprint density at radius 2 is 1.95 bits per heavy atom. The van der Waals surface area contributed by atoms with E-state index < -0.39 is 0 Å². The number of carbonyl (C=O) groups is 1. The number of carbonyl (C=O) groups excluding carboxylic acids is 1. The molecule has 0 aliphatic rings. The Morgan fingerprint density at radius 1 is 1.21 bits per heavy atom. The Balaban J connectivity index is 1.97. The van der Waals surface area contributed by atoms with E-state index in [9.17, 15) is 9.18 Å². The highest BCUT2D eigenvalue weighted by Gasteiger charge is 1.98. The standard InChI is InChI=1S/C14H10BrFN2O/c15-11-4-7-13(17-9-11)18-14(19)8-3-10-1-5-12(16)6-2-10/h1-9H,(H,17,18,19)/b8-3+. The van der Waals surface area contributed by atoms with Crippen LogP contribution in [0.25, 0.3) is 6.08 Å². The molecule has 2 rings (SSSR count). The van der Waals surface area contributed by atoms with Crippen molar-refractivity contribution < 1.29 is 9.18 Å². The van der Waals surface area contributed by atoms with Crippen LogP contribution in [0.4, 0.5) is 10.2 Å². The molecule has 1 heterocycles. The highest BCUT2D eigenvalue weighted by molar-refractivity contribution is 9.10. The predicted molar refractivity (Wildman–Crippen MR) is 76.0 cm³/mol. The van der Waals surface area contributed by atoms with Crippen LogP contribution in [-0.4, -0.2) is 10.9 Å². The van der Waals surface area contributed by atoms with Gasteiger partial charge in [-0.15, -0.1) is 0 Å². The molecular formula is C14H10BrFN2O. The average molecular weight is 321 g/mol. The topological polar surface area (TPSA) is 42.0 Å². The van der Waals surface area contributed by atoms with E-state index in [1.165, 1.54) is 18.2 Å². The Bertz CT molecular complexity index is 594. The van der Waals surface area contributed by atoms with Gasteiger partial charge in [0.1, 0.15) is 11.6 Å². The second-order valence-electron chi connectivity index (χ2n) is 3.74. The van der Waals surface area contributed by atoms with Crippen molar-refractivity contribution in [3.8, 4) is 0 Å². The van der Waals surface area contributed by atoms with Gasteiger partial charge in [0.05, 0.1) is 0 Å². The summed E-state index contributed by atoms with van der Waals surface area (Å²) in [6.07, 6.45) is 4.57. The molecule has 0 radical (unpaired) electrons. The fraction of sp³-hybridized carbons (Fsp3) is 0. The normalized spacial score (nSPS) is 10.6. The van der Waals surface area contributed by atoms with E-state index >= 15 is 0 Å². The van der Waals surface area contributed by atoms with Crippen molar-refractivity contribution in [2.24, 2.45) is 0 Å². The van der Waals surface area contributed by atoms with Crippen molar-refractivity contribution in [2.75, 3.05) is 5.32 Å². The summed E-state index contributed by atoms with van der Waals surface area (Å²) in [5, 5.41) is 2.62. The van der Waals surface area contributed by atoms with Crippen molar-refractivity contribution in [2.45, 2.75) is 0 Å². The van der Waals surface area contributed by atoms with Gasteiger partial charge in [0.25, 0.3) is 0 Å². The first-order valence-electron chi connectivity index (χ1n) is 5.50. The maximum absolute atomic E-state index is 12.7. The zero-order chi connectivity index (χ0) is 13.7. The van der Waals surface area contributed by atoms with Crippen LogP contribution in [0.1, 0.15) is 5.56 Å². The molecule has 19 heavy (non-hydrogen) atoms. The van der Waals surface area contributed by atoms with E-state index in [-0.39, 0.29) is 11.7 Å². The van der Waals surface area contributed by atoms with Gasteiger partial charge in [-0.25, -0.2) is 9.37 Å². The molecule has 0 saturated carbocycles. The molecule has 2 aromatic rings. The number of anilines is 1. The lowest BCUT2D eigenvalue weighted by Gasteiger charge is -2.00. The minimum absolute atomic E-state index is 0.292. The number of nitrogens with zero attached hydrogens (tertiary/aromatic N) is 1. The molecule has 0 bridgehead atoms. The molecule has 0 fully saturated rings. The highest BCUT2D eigenvalue weighted by Crippen LogP contribution is 2.10. The van der Waals surface area contributed by atoms with Crippen LogP contribution in [0.5, 0.6) is 0 Å². The Hall–Kier alpha value is -2.01. The van der Waals surface area contributed by atoms with Crippen LogP contribution in [0.3, 0.4) is 0 Å². The van der Waals surface area contributed by atoms with Crippen molar-refractivity contribution in [3.05, 3.63) is 64.5 Å². The number of aromatic nitrogens is 1. The molecular weight excluding hydrogens is 311 g/mol. The number of pyridine rings is 1. The predicted octanol–water partition coefficient (Wildman–Crippen LogP) is 3.64. The lowest BCUT2D eigenvalue weighted by molar-refractivity contribution is -0.111. The van der Waals surface area contributed by atoms with Gasteiger partial charge in [0, 0.05) is 16.7 Å². The first-order chi connectivity index (χ1) is 9.13. The van der Waals surface area contributed by atoms with E-state index in [4.69, 9.17) is 0 Å². The van der Waals surface area contributed by atoms with Gasteiger partial charge in [-0.1, -0.05) is 12.1 Å². The SMILES string of the molecule is O=C(/C=C/c1ccc(F)cc1)Nc1ccc(Br)cn1. The third kappa shape index (κ3) is 4.30. The van der Waals surface area contributed by atoms with E-state index in [2.05, 4.69) is 26.2 Å². The monoisotopic (exact) mass is 320 g/mol. The lowest BCUT2D eigenvalue weighted by Crippen LogP contribution is -2.08. The van der Waals surface area contributed by atoms with Gasteiger partial charge in [0.15, 0.2) is 0 Å². The molecule has 96 valence electrons. The molecule has 1 amide bonds. The molecule has 0 saturated heterocycles. The zero-order valence-corrected chi connectivity index (χ0v) is 11.4. The fourth-order valence-electron chi connectivity index (χ4n) is 1.36. The first kappa shape index (κ1) is 13.4. The molecule has 1 aromatic heterocycles. The number of amides is 1. The number of hydrogen-bond acceptors (Lipinski definition) is 2. The fourth-order valence-corrected chi connectivity index (χ4v) is 1.60. The lowest BCUT2D eigenvalue weighted by atomic mass is 10.2. The molecule has 0 atom stereocenters. The minimum atomic E-state index is -0.305. The van der Waals surface area contributed by atoms with Gasteiger partial charge < -0.3 is 5.32 Å². The first-order valence-corrected chi connectivity index (χ1v) is 6.29. The van der Waals surface area contributed by atoms with Crippen molar-refractivity contribution in [3.63, 3.8) is 0 Å². The summed E-state index contributed by atoms with van der Waals surface area (Å²) in [7, 11) is 0. The van der Waals surface area contributed by atoms with Crippen LogP contribution < -0.4 is 5.32 Å². The van der Waals surface area contributed by atoms with Crippen molar-refractivity contribution in [1.82, 2.24) is 4.98 Å². The zero-order valence-electron chi connectivity index (χ0n) is 9.81. The summed E-state index contributed by atoms with van der Waals surface area (Å²) in [5.74, 6) is -0.128. The molecule has 0 aliphatic carbocycles. The van der Waals surface area contributed by atoms with Crippen molar-refractivity contribution in [1.29, 1.82) is 0 Å². The quantitative estimate of drug-likeness (QED) is 0.877. The van der Waals surface area contributed by atoms with Gasteiger partial charge in [-0.2, -0.15) is 0 Å². The second-order valence-corrected chi connectivity index (χ2v) is 4.65. The maximum atomic E-state index is 12.7. The molecule has 0 spiro atoms. The largest absolute Gasteiger partial charge is 0.307 e. The number of benzene rings is 1. The van der Waals surface area contributed by atoms with Gasteiger partial charge in [-0.05, 0) is 51.8 Å². The van der Waals surface area contributed by atoms with Crippen LogP contribution in [0.2, 0.25) is 0 Å². The third-order valence-corrected chi connectivity index (χ3v) is 2.74. The smallest absolute Gasteiger partial charge is 0.249 e. The van der Waals surface area contributed by atoms with E-state index in [0.29, 0.717) is 5.82 Å². The summed E-state index contributed by atoms with van der Waals surface area (Å²) in [6, 6.07) is 9.34. The summed E-state index contributed by atoms with van der Waals surface area (Å²) in [4.78, 5) is 15.6. The number of rotatable bonds is 3. The van der Waals surface area contributed by atoms with E-state index in [1.54, 1.807) is 36.5 Å². The summed E-state index contributed by atoms with van der Waals surface area (Å²) < 4.78 is 13.5. The van der Waals surface area contributed by atoms with Gasteiger partial charge in [-0.3, -0.25) is 4.79 Å². The maximum Gasteiger partial charge on any atom is 0.249 e. The molecule has 1 N–H and O–H groups in total. The molecule has 3 nitrogen and oxygen atoms in total. The number of hydrogen-bond donors (Lipinski definition) is 1. The van der Waals surface area contributed by atoms with Crippen LogP contribution in [0.15, 0.2) is 53.1 Å². The average Bonchev–Trinajstić information content (AvgIpc) is 2.41. The van der Waals surface area contributed by atoms with Crippen LogP contribution in [-0.2, 0) is 4.79 Å². The summed E-state index contributed by atoms with van der Waals surface area (Å²) in [5.41, 5.74) is 0.750.